The van der Waals surface area contributed by atoms with Crippen LogP contribution in [0, 0.1) is 27.4 Å². The number of benzene rings is 1. The number of amides is 1. The average Bonchev–Trinajstić information content (AvgIpc) is 2.57. The van der Waals surface area contributed by atoms with Gasteiger partial charge in [-0.2, -0.15) is 0 Å². The van der Waals surface area contributed by atoms with E-state index in [1.807, 2.05) is 0 Å². The first kappa shape index (κ1) is 18.4. The quantitative estimate of drug-likeness (QED) is 0.327. The van der Waals surface area contributed by atoms with Crippen LogP contribution in [0.5, 0.6) is 0 Å². The number of non-ortho nitro benzene ring substituents is 1. The first-order chi connectivity index (χ1) is 12.8. The van der Waals surface area contributed by atoms with Gasteiger partial charge in [0, 0.05) is 22.1 Å². The number of nitrogens with one attached hydrogen (secondary N) is 1. The number of hydrogen-bond acceptors (Lipinski definition) is 5. The molecular weight excluding hydrogens is 416 g/mol. The van der Waals surface area contributed by atoms with Crippen LogP contribution in [0.15, 0.2) is 24.3 Å². The molecule has 0 aliphatic heterocycles. The first-order valence-corrected chi connectivity index (χ1v) is 9.97. The van der Waals surface area contributed by atoms with Gasteiger partial charge in [0.15, 0.2) is 6.61 Å². The van der Waals surface area contributed by atoms with E-state index in [1.165, 1.54) is 24.6 Å². The number of halogens is 1. The zero-order valence-electron chi connectivity index (χ0n) is 14.8. The molecule has 8 heteroatoms. The largest absolute Gasteiger partial charge is 0.455 e. The van der Waals surface area contributed by atoms with E-state index in [2.05, 4.69) is 21.2 Å². The standard InChI is InChI=1S/C19H21BrN2O5/c20-19-8-12-4-13(9-19)7-18(6-12,11-19)17(24)27-10-16(23)21-14-2-1-3-15(5-14)22(25)26/h1-3,5,12-13H,4,6-11H2,(H,21,23)/t12-,13+,18?,19?. The van der Waals surface area contributed by atoms with E-state index in [1.54, 1.807) is 6.07 Å². The lowest BCUT2D eigenvalue weighted by Gasteiger charge is -2.58. The predicted molar refractivity (Wildman–Crippen MR) is 101 cm³/mol. The highest BCUT2D eigenvalue weighted by Gasteiger charge is 2.60. The van der Waals surface area contributed by atoms with Crippen molar-refractivity contribution < 1.29 is 19.2 Å². The topological polar surface area (TPSA) is 98.5 Å². The van der Waals surface area contributed by atoms with Gasteiger partial charge in [0.2, 0.25) is 0 Å². The number of carbonyl (C=O) groups is 2. The van der Waals surface area contributed by atoms with Gasteiger partial charge in [-0.05, 0) is 56.4 Å². The number of anilines is 1. The Balaban J connectivity index is 1.36. The summed E-state index contributed by atoms with van der Waals surface area (Å²) in [4.78, 5) is 35.2. The van der Waals surface area contributed by atoms with Crippen molar-refractivity contribution in [1.29, 1.82) is 0 Å². The molecule has 1 amide bonds. The van der Waals surface area contributed by atoms with E-state index in [9.17, 15) is 19.7 Å². The molecule has 4 bridgehead atoms. The fourth-order valence-corrected chi connectivity index (χ4v) is 7.02. The highest BCUT2D eigenvalue weighted by atomic mass is 79.9. The summed E-state index contributed by atoms with van der Waals surface area (Å²) in [5.41, 5.74) is -0.278. The highest BCUT2D eigenvalue weighted by Crippen LogP contribution is 2.64. The van der Waals surface area contributed by atoms with Gasteiger partial charge < -0.3 is 10.1 Å². The third-order valence-corrected chi connectivity index (χ3v) is 7.03. The highest BCUT2D eigenvalue weighted by molar-refractivity contribution is 9.10. The van der Waals surface area contributed by atoms with Gasteiger partial charge in [0.1, 0.15) is 0 Å². The minimum absolute atomic E-state index is 0.0430. The molecule has 1 aromatic carbocycles. The van der Waals surface area contributed by atoms with Crippen molar-refractivity contribution >= 4 is 39.2 Å². The van der Waals surface area contributed by atoms with Crippen molar-refractivity contribution in [2.24, 2.45) is 17.3 Å². The maximum Gasteiger partial charge on any atom is 0.312 e. The monoisotopic (exact) mass is 436 g/mol. The number of hydrogen-bond donors (Lipinski definition) is 1. The maximum absolute atomic E-state index is 12.8. The second-order valence-corrected chi connectivity index (χ2v) is 10.0. The number of nitro groups is 1. The Hall–Kier alpha value is -1.96. The van der Waals surface area contributed by atoms with Crippen LogP contribution in [0.3, 0.4) is 0 Å². The zero-order valence-corrected chi connectivity index (χ0v) is 16.4. The summed E-state index contributed by atoms with van der Waals surface area (Å²) < 4.78 is 5.42. The Kier molecular flexibility index (Phi) is 4.49. The summed E-state index contributed by atoms with van der Waals surface area (Å²) in [5.74, 6) is 0.325. The molecule has 0 saturated heterocycles. The van der Waals surface area contributed by atoms with Gasteiger partial charge in [-0.15, -0.1) is 0 Å². The molecule has 0 aromatic heterocycles. The molecule has 0 spiro atoms. The van der Waals surface area contributed by atoms with Crippen LogP contribution in [0.1, 0.15) is 38.5 Å². The lowest BCUT2D eigenvalue weighted by Crippen LogP contribution is -2.56. The fourth-order valence-electron chi connectivity index (χ4n) is 5.57. The normalized spacial score (nSPS) is 33.5. The third kappa shape index (κ3) is 3.59. The molecule has 4 fully saturated rings. The van der Waals surface area contributed by atoms with Gasteiger partial charge in [-0.1, -0.05) is 22.0 Å². The number of alkyl halides is 1. The molecule has 27 heavy (non-hydrogen) atoms. The van der Waals surface area contributed by atoms with Crippen molar-refractivity contribution in [3.63, 3.8) is 0 Å². The summed E-state index contributed by atoms with van der Waals surface area (Å²) in [6, 6.07) is 5.66. The summed E-state index contributed by atoms with van der Waals surface area (Å²) in [6.45, 7) is -0.381. The Morgan fingerprint density at radius 3 is 2.59 bits per heavy atom. The van der Waals surface area contributed by atoms with Crippen LogP contribution in [0.2, 0.25) is 0 Å². The molecule has 4 aliphatic carbocycles. The van der Waals surface area contributed by atoms with Gasteiger partial charge in [-0.3, -0.25) is 19.7 Å². The van der Waals surface area contributed by atoms with Crippen molar-refractivity contribution in [3.8, 4) is 0 Å². The van der Waals surface area contributed by atoms with Gasteiger partial charge in [0.05, 0.1) is 10.3 Å². The van der Waals surface area contributed by atoms with Gasteiger partial charge in [-0.25, -0.2) is 0 Å². The summed E-state index contributed by atoms with van der Waals surface area (Å²) in [5, 5.41) is 13.3. The number of carbonyl (C=O) groups excluding carboxylic acids is 2. The number of rotatable bonds is 5. The van der Waals surface area contributed by atoms with Crippen LogP contribution in [-0.2, 0) is 14.3 Å². The fraction of sp³-hybridized carbons (Fsp3) is 0.579. The lowest BCUT2D eigenvalue weighted by molar-refractivity contribution is -0.384. The second kappa shape index (κ2) is 6.58. The minimum Gasteiger partial charge on any atom is -0.455 e. The van der Waals surface area contributed by atoms with Crippen molar-refractivity contribution in [3.05, 3.63) is 34.4 Å². The molecule has 0 radical (unpaired) electrons. The van der Waals surface area contributed by atoms with Crippen LogP contribution >= 0.6 is 15.9 Å². The molecule has 1 N–H and O–H groups in total. The number of nitrogens with zero attached hydrogens (tertiary/aromatic N) is 1. The van der Waals surface area contributed by atoms with E-state index in [0.29, 0.717) is 17.5 Å². The molecule has 4 atom stereocenters. The van der Waals surface area contributed by atoms with E-state index >= 15 is 0 Å². The van der Waals surface area contributed by atoms with Crippen molar-refractivity contribution in [2.75, 3.05) is 11.9 Å². The molecule has 4 aliphatic rings. The van der Waals surface area contributed by atoms with Crippen LogP contribution in [-0.4, -0.2) is 27.7 Å². The molecule has 1 aromatic rings. The molecule has 5 rings (SSSR count). The molecule has 4 saturated carbocycles. The van der Waals surface area contributed by atoms with Gasteiger partial charge in [0.25, 0.3) is 11.6 Å². The molecule has 7 nitrogen and oxygen atoms in total. The minimum atomic E-state index is -0.529. The Morgan fingerprint density at radius 1 is 1.26 bits per heavy atom. The summed E-state index contributed by atoms with van der Waals surface area (Å²) in [6.07, 6.45) is 5.90. The number of esters is 1. The zero-order chi connectivity index (χ0) is 19.2. The molecule has 144 valence electrons. The van der Waals surface area contributed by atoms with Crippen LogP contribution < -0.4 is 5.32 Å². The molecular formula is C19H21BrN2O5. The maximum atomic E-state index is 12.8. The SMILES string of the molecule is O=C(COC(=O)C12C[C@@H]3C[C@@H](CC(Br)(C3)C1)C2)Nc1cccc([N+](=O)[O-])c1. The van der Waals surface area contributed by atoms with E-state index in [4.69, 9.17) is 4.74 Å². The predicted octanol–water partition coefficient (Wildman–Crippen LogP) is 3.81. The van der Waals surface area contributed by atoms with E-state index < -0.39 is 16.2 Å². The second-order valence-electron chi connectivity index (χ2n) is 8.32. The average molecular weight is 437 g/mol. The van der Waals surface area contributed by atoms with E-state index in [0.717, 1.165) is 32.1 Å². The Morgan fingerprint density at radius 2 is 1.96 bits per heavy atom. The third-order valence-electron chi connectivity index (χ3n) is 6.10. The number of ether oxygens (including phenoxy) is 1. The van der Waals surface area contributed by atoms with Crippen molar-refractivity contribution in [1.82, 2.24) is 0 Å². The lowest BCUT2D eigenvalue weighted by atomic mass is 9.49. The Bertz CT molecular complexity index is 797. The number of nitro benzene ring substituents is 1. The summed E-state index contributed by atoms with van der Waals surface area (Å²) in [7, 11) is 0. The first-order valence-electron chi connectivity index (χ1n) is 9.17. The smallest absolute Gasteiger partial charge is 0.312 e. The van der Waals surface area contributed by atoms with Gasteiger partial charge >= 0.3 is 5.97 Å². The van der Waals surface area contributed by atoms with Crippen molar-refractivity contribution in [2.45, 2.75) is 42.8 Å². The van der Waals surface area contributed by atoms with E-state index in [-0.39, 0.29) is 22.6 Å². The molecule has 0 heterocycles. The van der Waals surface area contributed by atoms with Crippen LogP contribution in [0.4, 0.5) is 11.4 Å². The van der Waals surface area contributed by atoms with Crippen LogP contribution in [0.25, 0.3) is 0 Å². The molecule has 2 unspecified atom stereocenters. The Labute approximate surface area is 165 Å². The summed E-state index contributed by atoms with van der Waals surface area (Å²) >= 11 is 3.86.